The van der Waals surface area contributed by atoms with Crippen molar-refractivity contribution in [3.63, 3.8) is 0 Å². The second-order valence-corrected chi connectivity index (χ2v) is 11.1. The third kappa shape index (κ3) is 7.57. The number of unbranched alkanes of at least 4 members (excludes halogenated alkanes) is 3. The van der Waals surface area contributed by atoms with E-state index in [0.29, 0.717) is 11.8 Å². The van der Waals surface area contributed by atoms with E-state index in [1.54, 1.807) is 0 Å². The molecule has 172 valence electrons. The van der Waals surface area contributed by atoms with Gasteiger partial charge in [0, 0.05) is 5.92 Å². The lowest BCUT2D eigenvalue weighted by atomic mass is 9.68. The summed E-state index contributed by atoms with van der Waals surface area (Å²) in [4.78, 5) is 0. The van der Waals surface area contributed by atoms with Crippen molar-refractivity contribution in [3.05, 3.63) is 0 Å². The van der Waals surface area contributed by atoms with E-state index in [1.165, 1.54) is 103 Å². The van der Waals surface area contributed by atoms with Crippen LogP contribution in [0.15, 0.2) is 0 Å². The molecule has 0 radical (unpaired) electrons. The summed E-state index contributed by atoms with van der Waals surface area (Å²) in [5, 5.41) is 0. The van der Waals surface area contributed by atoms with Gasteiger partial charge in [0.2, 0.25) is 0 Å². The Kier molecular flexibility index (Phi) is 10.6. The minimum absolute atomic E-state index is 0.0311. The van der Waals surface area contributed by atoms with Gasteiger partial charge in [0.1, 0.15) is 6.17 Å². The molecule has 3 atom stereocenters. The molecule has 3 aliphatic carbocycles. The van der Waals surface area contributed by atoms with E-state index in [1.807, 2.05) is 0 Å². The number of hydrogen-bond donors (Lipinski definition) is 0. The standard InChI is InChI=1S/C29H49F/c1-3-5-7-9-25-15-21-28(29(30)22-25)20-14-24-12-18-27(19-13-24)26-16-10-23(11-17-26)8-6-4-2/h23-29H,3-13,15-19,21-22H2,1-2H3. The van der Waals surface area contributed by atoms with Crippen LogP contribution in [0.5, 0.6) is 0 Å². The number of hydrogen-bond acceptors (Lipinski definition) is 0. The Hall–Kier alpha value is -0.510. The fourth-order valence-electron chi connectivity index (χ4n) is 6.71. The van der Waals surface area contributed by atoms with E-state index in [2.05, 4.69) is 25.7 Å². The van der Waals surface area contributed by atoms with Gasteiger partial charge in [-0.25, -0.2) is 4.39 Å². The van der Waals surface area contributed by atoms with Crippen molar-refractivity contribution in [2.75, 3.05) is 0 Å². The highest BCUT2D eigenvalue weighted by molar-refractivity contribution is 5.11. The lowest BCUT2D eigenvalue weighted by molar-refractivity contribution is 0.149. The lowest BCUT2D eigenvalue weighted by Crippen LogP contribution is -2.26. The summed E-state index contributed by atoms with van der Waals surface area (Å²) in [6.45, 7) is 4.57. The molecule has 0 spiro atoms. The molecule has 0 nitrogen and oxygen atoms in total. The smallest absolute Gasteiger partial charge is 0.114 e. The van der Waals surface area contributed by atoms with Gasteiger partial charge in [-0.3, -0.25) is 0 Å². The molecule has 0 amide bonds. The van der Waals surface area contributed by atoms with Crippen LogP contribution in [0.4, 0.5) is 4.39 Å². The van der Waals surface area contributed by atoms with Crippen molar-refractivity contribution in [2.24, 2.45) is 35.5 Å². The van der Waals surface area contributed by atoms with Crippen LogP contribution in [-0.2, 0) is 0 Å². The number of rotatable bonds is 8. The highest BCUT2D eigenvalue weighted by Crippen LogP contribution is 2.42. The molecular weight excluding hydrogens is 367 g/mol. The molecule has 3 aliphatic rings. The third-order valence-electron chi connectivity index (χ3n) is 8.87. The van der Waals surface area contributed by atoms with Crippen molar-refractivity contribution < 1.29 is 4.39 Å². The van der Waals surface area contributed by atoms with Crippen molar-refractivity contribution in [3.8, 4) is 11.8 Å². The topological polar surface area (TPSA) is 0 Å². The van der Waals surface area contributed by atoms with Gasteiger partial charge in [-0.05, 0) is 81.5 Å². The first-order valence-electron chi connectivity index (χ1n) is 13.8. The maximum atomic E-state index is 14.7. The first-order valence-corrected chi connectivity index (χ1v) is 13.8. The van der Waals surface area contributed by atoms with Gasteiger partial charge >= 0.3 is 0 Å². The molecule has 30 heavy (non-hydrogen) atoms. The third-order valence-corrected chi connectivity index (χ3v) is 8.87. The summed E-state index contributed by atoms with van der Waals surface area (Å²) in [7, 11) is 0. The van der Waals surface area contributed by atoms with Crippen LogP contribution in [0.3, 0.4) is 0 Å². The zero-order valence-electron chi connectivity index (χ0n) is 20.1. The van der Waals surface area contributed by atoms with E-state index in [9.17, 15) is 4.39 Å². The van der Waals surface area contributed by atoms with Gasteiger partial charge in [0.25, 0.3) is 0 Å². The summed E-state index contributed by atoms with van der Waals surface area (Å²) in [6.07, 6.45) is 22.9. The second kappa shape index (κ2) is 13.1. The Balaban J connectivity index is 1.34. The molecule has 0 aliphatic heterocycles. The van der Waals surface area contributed by atoms with Crippen molar-refractivity contribution in [2.45, 2.75) is 136 Å². The van der Waals surface area contributed by atoms with Gasteiger partial charge in [-0.2, -0.15) is 0 Å². The molecule has 0 aromatic carbocycles. The molecule has 3 unspecified atom stereocenters. The summed E-state index contributed by atoms with van der Waals surface area (Å²) >= 11 is 0. The first-order chi connectivity index (χ1) is 14.7. The van der Waals surface area contributed by atoms with Gasteiger partial charge in [0.05, 0.1) is 5.92 Å². The zero-order valence-corrected chi connectivity index (χ0v) is 20.1. The van der Waals surface area contributed by atoms with Crippen LogP contribution >= 0.6 is 0 Å². The molecule has 1 heteroatoms. The summed E-state index contributed by atoms with van der Waals surface area (Å²) in [5.74, 6) is 11.2. The van der Waals surface area contributed by atoms with E-state index in [0.717, 1.165) is 30.6 Å². The largest absolute Gasteiger partial charge is 0.246 e. The number of alkyl halides is 1. The van der Waals surface area contributed by atoms with Gasteiger partial charge in [-0.1, -0.05) is 83.5 Å². The van der Waals surface area contributed by atoms with E-state index < -0.39 is 6.17 Å². The van der Waals surface area contributed by atoms with Crippen LogP contribution in [0.1, 0.15) is 129 Å². The molecule has 0 aromatic rings. The van der Waals surface area contributed by atoms with Crippen LogP contribution < -0.4 is 0 Å². The molecule has 0 N–H and O–H groups in total. The zero-order chi connectivity index (χ0) is 21.2. The van der Waals surface area contributed by atoms with E-state index in [-0.39, 0.29) is 5.92 Å². The Morgan fingerprint density at radius 3 is 1.87 bits per heavy atom. The molecule has 0 saturated heterocycles. The molecule has 0 aromatic heterocycles. The highest BCUT2D eigenvalue weighted by atomic mass is 19.1. The molecule has 3 fully saturated rings. The Bertz CT molecular complexity index is 512. The van der Waals surface area contributed by atoms with Gasteiger partial charge in [-0.15, -0.1) is 0 Å². The average Bonchev–Trinajstić information content (AvgIpc) is 2.78. The minimum Gasteiger partial charge on any atom is -0.246 e. The second-order valence-electron chi connectivity index (χ2n) is 11.1. The Morgan fingerprint density at radius 2 is 1.23 bits per heavy atom. The molecule has 3 saturated carbocycles. The fraction of sp³-hybridized carbons (Fsp3) is 0.931. The average molecular weight is 417 g/mol. The quantitative estimate of drug-likeness (QED) is 0.273. The molecular formula is C29H49F. The lowest BCUT2D eigenvalue weighted by Gasteiger charge is -2.37. The predicted octanol–water partition coefficient (Wildman–Crippen LogP) is 9.13. The fourth-order valence-corrected chi connectivity index (χ4v) is 6.71. The van der Waals surface area contributed by atoms with Crippen LogP contribution in [0.25, 0.3) is 0 Å². The van der Waals surface area contributed by atoms with Crippen molar-refractivity contribution in [1.82, 2.24) is 0 Å². The summed E-state index contributed by atoms with van der Waals surface area (Å²) in [5.41, 5.74) is 0. The summed E-state index contributed by atoms with van der Waals surface area (Å²) < 4.78 is 14.7. The minimum atomic E-state index is -0.669. The van der Waals surface area contributed by atoms with Crippen molar-refractivity contribution in [1.29, 1.82) is 0 Å². The van der Waals surface area contributed by atoms with Crippen LogP contribution in [-0.4, -0.2) is 6.17 Å². The van der Waals surface area contributed by atoms with E-state index in [4.69, 9.17) is 0 Å². The molecule has 0 heterocycles. The monoisotopic (exact) mass is 416 g/mol. The summed E-state index contributed by atoms with van der Waals surface area (Å²) in [6, 6.07) is 0. The highest BCUT2D eigenvalue weighted by Gasteiger charge is 2.31. The predicted molar refractivity (Wildman–Crippen MR) is 128 cm³/mol. The van der Waals surface area contributed by atoms with Crippen molar-refractivity contribution >= 4 is 0 Å². The van der Waals surface area contributed by atoms with Crippen LogP contribution in [0, 0.1) is 47.3 Å². The first kappa shape index (κ1) is 24.1. The Labute approximate surface area is 187 Å². The van der Waals surface area contributed by atoms with Crippen LogP contribution in [0.2, 0.25) is 0 Å². The van der Waals surface area contributed by atoms with Gasteiger partial charge in [0.15, 0.2) is 0 Å². The van der Waals surface area contributed by atoms with Gasteiger partial charge < -0.3 is 0 Å². The Morgan fingerprint density at radius 1 is 0.633 bits per heavy atom. The molecule has 0 bridgehead atoms. The molecule has 3 rings (SSSR count). The maximum Gasteiger partial charge on any atom is 0.114 e. The maximum absolute atomic E-state index is 14.7. The van der Waals surface area contributed by atoms with E-state index >= 15 is 0 Å². The number of halogens is 1. The SMILES string of the molecule is CCCCCC1CCC(C#CC2CCC(C3CCC(CCCC)CC3)CC2)C(F)C1. The normalized spacial score (nSPS) is 37.4.